The zero-order chi connectivity index (χ0) is 29.8. The van der Waals surface area contributed by atoms with E-state index in [0.29, 0.717) is 21.9 Å². The Morgan fingerprint density at radius 3 is 2.47 bits per heavy atom. The molecule has 6 rings (SSSR count). The van der Waals surface area contributed by atoms with Crippen LogP contribution in [0.15, 0.2) is 83.8 Å². The molecule has 0 bridgehead atoms. The normalized spacial score (nSPS) is 12.0. The molecule has 9 heteroatoms. The zero-order valence-electron chi connectivity index (χ0n) is 24.2. The first-order valence-corrected chi connectivity index (χ1v) is 15.0. The van der Waals surface area contributed by atoms with Gasteiger partial charge in [-0.05, 0) is 79.1 Å². The Labute approximate surface area is 253 Å². The summed E-state index contributed by atoms with van der Waals surface area (Å²) in [6.07, 6.45) is 9.63. The van der Waals surface area contributed by atoms with Crippen molar-refractivity contribution in [3.8, 4) is 28.4 Å². The minimum atomic E-state index is -0.216. The summed E-state index contributed by atoms with van der Waals surface area (Å²) in [6, 6.07) is 23.7. The minimum Gasteiger partial charge on any atom is -0.497 e. The average molecular weight is 590 g/mol. The number of methoxy groups -OCH3 is 1. The van der Waals surface area contributed by atoms with E-state index in [2.05, 4.69) is 23.9 Å². The smallest absolute Gasteiger partial charge is 0.291 e. The van der Waals surface area contributed by atoms with E-state index in [-0.39, 0.29) is 5.56 Å². The summed E-state index contributed by atoms with van der Waals surface area (Å²) in [5.74, 6) is 2.10. The first-order valence-electron chi connectivity index (χ1n) is 14.1. The van der Waals surface area contributed by atoms with E-state index >= 15 is 0 Å². The van der Waals surface area contributed by atoms with E-state index in [1.54, 1.807) is 13.2 Å². The van der Waals surface area contributed by atoms with Crippen molar-refractivity contribution < 1.29 is 9.47 Å². The van der Waals surface area contributed by atoms with E-state index in [1.165, 1.54) is 15.9 Å². The summed E-state index contributed by atoms with van der Waals surface area (Å²) in [5, 5.41) is 9.40. The van der Waals surface area contributed by atoms with Gasteiger partial charge in [-0.3, -0.25) is 4.79 Å². The number of hydrogen-bond donors (Lipinski definition) is 0. The van der Waals surface area contributed by atoms with E-state index in [0.717, 1.165) is 58.0 Å². The van der Waals surface area contributed by atoms with Crippen molar-refractivity contribution in [3.05, 3.63) is 116 Å². The molecule has 3 aromatic heterocycles. The van der Waals surface area contributed by atoms with Crippen LogP contribution in [0, 0.1) is 6.92 Å². The van der Waals surface area contributed by atoms with Gasteiger partial charge in [-0.15, -0.1) is 5.10 Å². The molecule has 0 fully saturated rings. The Balaban J connectivity index is 1.36. The van der Waals surface area contributed by atoms with Crippen molar-refractivity contribution in [2.45, 2.75) is 26.7 Å². The zero-order valence-corrected chi connectivity index (χ0v) is 25.0. The van der Waals surface area contributed by atoms with Crippen LogP contribution in [-0.4, -0.2) is 38.1 Å². The van der Waals surface area contributed by atoms with Crippen LogP contribution < -0.4 is 19.6 Å². The highest BCUT2D eigenvalue weighted by atomic mass is 32.1. The van der Waals surface area contributed by atoms with E-state index in [1.807, 2.05) is 95.8 Å². The van der Waals surface area contributed by atoms with Gasteiger partial charge >= 0.3 is 0 Å². The molecule has 0 saturated heterocycles. The highest BCUT2D eigenvalue weighted by Crippen LogP contribution is 2.30. The molecule has 0 atom stereocenters. The lowest BCUT2D eigenvalue weighted by Crippen LogP contribution is -2.23. The Hall–Kier alpha value is -5.02. The van der Waals surface area contributed by atoms with E-state index in [9.17, 15) is 4.79 Å². The molecule has 0 aliphatic rings. The van der Waals surface area contributed by atoms with Crippen molar-refractivity contribution >= 4 is 34.5 Å². The highest BCUT2D eigenvalue weighted by Gasteiger charge is 2.16. The van der Waals surface area contributed by atoms with Crippen LogP contribution in [0.3, 0.4) is 0 Å². The standard InChI is InChI=1S/C34H31N5O3S/c1-4-5-19-42-28-16-17-29(23(2)20-28)32-25(22-38(37-32)26-9-7-6-8-10-26)21-30-33(40)39-34(43-30)35-31(36-39)18-13-24-11-14-27(41-3)15-12-24/h6-18,20-22H,4-5,19H2,1-3H3/b18-13+,30-21-. The van der Waals surface area contributed by atoms with Gasteiger partial charge in [-0.25, -0.2) is 4.68 Å². The number of thiazole rings is 1. The van der Waals surface area contributed by atoms with Gasteiger partial charge < -0.3 is 9.47 Å². The molecule has 0 saturated carbocycles. The number of benzene rings is 3. The van der Waals surface area contributed by atoms with Crippen molar-refractivity contribution in [2.24, 2.45) is 0 Å². The Bertz CT molecular complexity index is 2010. The maximum Gasteiger partial charge on any atom is 0.291 e. The molecule has 0 aliphatic carbocycles. The number of fused-ring (bicyclic) bond motifs is 1. The lowest BCUT2D eigenvalue weighted by Gasteiger charge is -2.09. The van der Waals surface area contributed by atoms with Crippen LogP contribution in [-0.2, 0) is 0 Å². The number of nitrogens with zero attached hydrogens (tertiary/aromatic N) is 5. The number of aryl methyl sites for hydroxylation is 1. The molecule has 3 heterocycles. The quantitative estimate of drug-likeness (QED) is 0.177. The molecule has 0 aliphatic heterocycles. The summed E-state index contributed by atoms with van der Waals surface area (Å²) >= 11 is 1.31. The third-order valence-corrected chi connectivity index (χ3v) is 7.97. The molecule has 8 nitrogen and oxygen atoms in total. The summed E-state index contributed by atoms with van der Waals surface area (Å²) in [4.78, 5) is 18.5. The molecule has 0 N–H and O–H groups in total. The van der Waals surface area contributed by atoms with Crippen LogP contribution in [0.1, 0.15) is 42.3 Å². The maximum absolute atomic E-state index is 13.4. The fraction of sp³-hybridized carbons (Fsp3) is 0.176. The first-order chi connectivity index (χ1) is 21.0. The predicted molar refractivity (Wildman–Crippen MR) is 172 cm³/mol. The Morgan fingerprint density at radius 1 is 0.953 bits per heavy atom. The molecule has 0 unspecified atom stereocenters. The lowest BCUT2D eigenvalue weighted by molar-refractivity contribution is 0.309. The highest BCUT2D eigenvalue weighted by molar-refractivity contribution is 7.15. The monoisotopic (exact) mass is 589 g/mol. The van der Waals surface area contributed by atoms with Gasteiger partial charge in [0.25, 0.3) is 5.56 Å². The SMILES string of the molecule is CCCCOc1ccc(-c2nn(-c3ccccc3)cc2/C=c2\sc3nc(/C=C/c4ccc(OC)cc4)nn3c2=O)c(C)c1. The lowest BCUT2D eigenvalue weighted by atomic mass is 10.0. The number of aromatic nitrogens is 5. The topological polar surface area (TPSA) is 83.5 Å². The molecular weight excluding hydrogens is 558 g/mol. The molecule has 216 valence electrons. The second kappa shape index (κ2) is 12.5. The summed E-state index contributed by atoms with van der Waals surface area (Å²) < 4.78 is 14.9. The molecule has 0 radical (unpaired) electrons. The first kappa shape index (κ1) is 28.1. The van der Waals surface area contributed by atoms with Crippen LogP contribution >= 0.6 is 11.3 Å². The number of rotatable bonds is 10. The fourth-order valence-electron chi connectivity index (χ4n) is 4.69. The molecule has 0 spiro atoms. The van der Waals surface area contributed by atoms with Gasteiger partial charge in [0.05, 0.1) is 23.9 Å². The van der Waals surface area contributed by atoms with Gasteiger partial charge in [-0.2, -0.15) is 14.6 Å². The fourth-order valence-corrected chi connectivity index (χ4v) is 5.59. The van der Waals surface area contributed by atoms with Gasteiger partial charge in [0, 0.05) is 17.3 Å². The maximum atomic E-state index is 13.4. The van der Waals surface area contributed by atoms with E-state index in [4.69, 9.17) is 14.6 Å². The molecule has 43 heavy (non-hydrogen) atoms. The largest absolute Gasteiger partial charge is 0.497 e. The third-order valence-electron chi connectivity index (χ3n) is 7.01. The second-order valence-electron chi connectivity index (χ2n) is 10.1. The van der Waals surface area contributed by atoms with Gasteiger partial charge in [0.15, 0.2) is 5.82 Å². The van der Waals surface area contributed by atoms with Gasteiger partial charge in [0.1, 0.15) is 17.2 Å². The Morgan fingerprint density at radius 2 is 1.74 bits per heavy atom. The van der Waals surface area contributed by atoms with Crippen LogP contribution in [0.2, 0.25) is 0 Å². The van der Waals surface area contributed by atoms with Crippen molar-refractivity contribution in [1.29, 1.82) is 0 Å². The number of ether oxygens (including phenoxy) is 2. The van der Waals surface area contributed by atoms with Crippen molar-refractivity contribution in [3.63, 3.8) is 0 Å². The van der Waals surface area contributed by atoms with Crippen molar-refractivity contribution in [2.75, 3.05) is 13.7 Å². The van der Waals surface area contributed by atoms with Crippen molar-refractivity contribution in [1.82, 2.24) is 24.4 Å². The number of para-hydroxylation sites is 1. The minimum absolute atomic E-state index is 0.216. The average Bonchev–Trinajstić information content (AvgIpc) is 3.71. The van der Waals surface area contributed by atoms with Gasteiger partial charge in [-0.1, -0.05) is 61.1 Å². The van der Waals surface area contributed by atoms with Gasteiger partial charge in [0.2, 0.25) is 4.96 Å². The molecular formula is C34H31N5O3S. The van der Waals surface area contributed by atoms with E-state index < -0.39 is 0 Å². The summed E-state index contributed by atoms with van der Waals surface area (Å²) in [7, 11) is 1.64. The predicted octanol–water partition coefficient (Wildman–Crippen LogP) is 6.22. The number of hydrogen-bond acceptors (Lipinski definition) is 7. The number of unbranched alkanes of at least 4 members (excludes halogenated alkanes) is 1. The van der Waals surface area contributed by atoms with Crippen LogP contribution in [0.25, 0.3) is 40.1 Å². The molecule has 3 aromatic carbocycles. The summed E-state index contributed by atoms with van der Waals surface area (Å²) in [5.41, 5.74) is 5.32. The molecule has 0 amide bonds. The van der Waals surface area contributed by atoms with Crippen LogP contribution in [0.4, 0.5) is 0 Å². The van der Waals surface area contributed by atoms with Crippen LogP contribution in [0.5, 0.6) is 11.5 Å². The Kier molecular flexibility index (Phi) is 8.15. The summed E-state index contributed by atoms with van der Waals surface area (Å²) in [6.45, 7) is 4.89. The second-order valence-corrected chi connectivity index (χ2v) is 11.1. The molecule has 6 aromatic rings. The third kappa shape index (κ3) is 6.12.